The number of ether oxygens (including phenoxy) is 2. The molecule has 0 bridgehead atoms. The van der Waals surface area contributed by atoms with Crippen LogP contribution >= 0.6 is 0 Å². The molecule has 0 N–H and O–H groups in total. The van der Waals surface area contributed by atoms with Crippen LogP contribution in [-0.2, 0) is 19.1 Å². The summed E-state index contributed by atoms with van der Waals surface area (Å²) in [5.74, 6) is 0.668. The van der Waals surface area contributed by atoms with Gasteiger partial charge in [0, 0.05) is 12.8 Å². The molecule has 4 aliphatic carbocycles. The van der Waals surface area contributed by atoms with E-state index in [-0.39, 0.29) is 16.8 Å². The van der Waals surface area contributed by atoms with Crippen LogP contribution in [0.5, 0.6) is 0 Å². The minimum absolute atomic E-state index is 0.0139. The van der Waals surface area contributed by atoms with Gasteiger partial charge in [-0.3, -0.25) is 4.79 Å². The number of rotatable bonds is 5. The van der Waals surface area contributed by atoms with Gasteiger partial charge >= 0.3 is 18.1 Å². The lowest BCUT2D eigenvalue weighted by molar-refractivity contribution is -0.206. The Hall–Kier alpha value is -1.53. The van der Waals surface area contributed by atoms with Gasteiger partial charge in [-0.25, -0.2) is 4.79 Å². The zero-order valence-electron chi connectivity index (χ0n) is 20.9. The lowest BCUT2D eigenvalue weighted by Crippen LogP contribution is -2.51. The molecule has 0 amide bonds. The molecule has 8 atom stereocenters. The third kappa shape index (κ3) is 4.41. The van der Waals surface area contributed by atoms with Gasteiger partial charge in [-0.15, -0.1) is 0 Å². The molecule has 8 unspecified atom stereocenters. The average Bonchev–Trinajstić information content (AvgIpc) is 3.14. The lowest BCUT2D eigenvalue weighted by Gasteiger charge is -2.58. The van der Waals surface area contributed by atoms with Gasteiger partial charge in [0.1, 0.15) is 6.10 Å². The molecule has 0 aromatic rings. The molecule has 0 saturated heterocycles. The van der Waals surface area contributed by atoms with E-state index < -0.39 is 18.2 Å². The summed E-state index contributed by atoms with van der Waals surface area (Å²) in [4.78, 5) is 23.0. The van der Waals surface area contributed by atoms with Crippen molar-refractivity contribution in [3.05, 3.63) is 11.6 Å². The Kier molecular flexibility index (Phi) is 6.89. The number of allylic oxidation sites excluding steroid dienone is 1. The van der Waals surface area contributed by atoms with Gasteiger partial charge in [0.15, 0.2) is 0 Å². The summed E-state index contributed by atoms with van der Waals surface area (Å²) in [6.45, 7) is 7.05. The van der Waals surface area contributed by atoms with Crippen LogP contribution in [0.4, 0.5) is 13.2 Å². The normalized spacial score (nSPS) is 40.3. The number of esters is 2. The maximum Gasteiger partial charge on any atom is 0.490 e. The van der Waals surface area contributed by atoms with Crippen molar-refractivity contribution in [1.82, 2.24) is 0 Å². The molecule has 0 aromatic heterocycles. The molecule has 4 aliphatic rings. The Balaban J connectivity index is 1.46. The third-order valence-corrected chi connectivity index (χ3v) is 10.4. The Bertz CT molecular complexity index is 836. The first-order chi connectivity index (χ1) is 15.9. The zero-order valence-corrected chi connectivity index (χ0v) is 20.9. The minimum Gasteiger partial charge on any atom is -0.469 e. The third-order valence-electron chi connectivity index (χ3n) is 10.4. The van der Waals surface area contributed by atoms with E-state index in [1.54, 1.807) is 0 Å². The van der Waals surface area contributed by atoms with E-state index in [0.29, 0.717) is 48.9 Å². The highest BCUT2D eigenvalue weighted by Crippen LogP contribution is 2.67. The van der Waals surface area contributed by atoms with Crippen LogP contribution in [0.25, 0.3) is 0 Å². The molecule has 4 nitrogen and oxygen atoms in total. The summed E-state index contributed by atoms with van der Waals surface area (Å²) >= 11 is 0. The number of fused-ring (bicyclic) bond motifs is 5. The molecule has 0 radical (unpaired) electrons. The molecule has 7 heteroatoms. The highest BCUT2D eigenvalue weighted by Gasteiger charge is 2.59. The second-order valence-electron chi connectivity index (χ2n) is 11.8. The summed E-state index contributed by atoms with van der Waals surface area (Å²) in [7, 11) is 1.44. The van der Waals surface area contributed by atoms with Gasteiger partial charge < -0.3 is 9.47 Å². The predicted octanol–water partition coefficient (Wildman–Crippen LogP) is 6.63. The first kappa shape index (κ1) is 25.6. The highest BCUT2D eigenvalue weighted by molar-refractivity contribution is 5.75. The quantitative estimate of drug-likeness (QED) is 0.325. The second kappa shape index (κ2) is 9.16. The van der Waals surface area contributed by atoms with Crippen LogP contribution in [0.1, 0.15) is 85.0 Å². The van der Waals surface area contributed by atoms with Gasteiger partial charge in [-0.1, -0.05) is 32.4 Å². The van der Waals surface area contributed by atoms with Crippen LogP contribution < -0.4 is 0 Å². The number of hydrogen-bond donors (Lipinski definition) is 0. The van der Waals surface area contributed by atoms with Crippen LogP contribution in [0.2, 0.25) is 0 Å². The number of carbonyl (C=O) groups excluding carboxylic acids is 2. The fraction of sp³-hybridized carbons (Fsp3) is 0.852. The molecule has 0 spiro atoms. The van der Waals surface area contributed by atoms with Gasteiger partial charge in [-0.2, -0.15) is 13.2 Å². The van der Waals surface area contributed by atoms with Gasteiger partial charge in [-0.05, 0) is 91.8 Å². The van der Waals surface area contributed by atoms with Crippen molar-refractivity contribution in [1.29, 1.82) is 0 Å². The molecule has 192 valence electrons. The standard InChI is InChI=1S/C27H39F3O4/c1-16(5-10-23(31)33-4)20-8-9-21-19-7-6-17-15-18(34-24(32)27(28,29)30)11-13-25(17,2)22(19)12-14-26(20,21)3/h6,16,18-22H,5,7-15H2,1-4H3. The van der Waals surface area contributed by atoms with Gasteiger partial charge in [0.05, 0.1) is 7.11 Å². The van der Waals surface area contributed by atoms with Crippen LogP contribution in [0.15, 0.2) is 11.6 Å². The maximum atomic E-state index is 12.7. The molecular formula is C27H39F3O4. The maximum absolute atomic E-state index is 12.7. The van der Waals surface area contributed by atoms with Crippen molar-refractivity contribution in [3.63, 3.8) is 0 Å². The summed E-state index contributed by atoms with van der Waals surface area (Å²) in [6, 6.07) is 0. The monoisotopic (exact) mass is 484 g/mol. The Morgan fingerprint density at radius 2 is 1.85 bits per heavy atom. The summed E-state index contributed by atoms with van der Waals surface area (Å²) in [6.07, 6.45) is 5.40. The van der Waals surface area contributed by atoms with E-state index in [4.69, 9.17) is 9.47 Å². The average molecular weight is 485 g/mol. The van der Waals surface area contributed by atoms with Crippen molar-refractivity contribution in [2.75, 3.05) is 7.11 Å². The van der Waals surface area contributed by atoms with Crippen molar-refractivity contribution in [3.8, 4) is 0 Å². The molecule has 0 aliphatic heterocycles. The van der Waals surface area contributed by atoms with Crippen LogP contribution in [0, 0.1) is 40.4 Å². The Morgan fingerprint density at radius 3 is 2.53 bits per heavy atom. The number of halogens is 3. The van der Waals surface area contributed by atoms with E-state index in [0.717, 1.165) is 25.7 Å². The molecule has 3 fully saturated rings. The van der Waals surface area contributed by atoms with E-state index in [2.05, 4.69) is 26.8 Å². The van der Waals surface area contributed by atoms with Gasteiger partial charge in [0.25, 0.3) is 0 Å². The summed E-state index contributed by atoms with van der Waals surface area (Å²) < 4.78 is 47.7. The molecule has 3 saturated carbocycles. The zero-order chi connectivity index (χ0) is 24.9. The van der Waals surface area contributed by atoms with Crippen molar-refractivity contribution < 1.29 is 32.2 Å². The molecule has 0 heterocycles. The topological polar surface area (TPSA) is 52.6 Å². The Labute approximate surface area is 201 Å². The predicted molar refractivity (Wildman–Crippen MR) is 122 cm³/mol. The summed E-state index contributed by atoms with van der Waals surface area (Å²) in [5, 5.41) is 0. The van der Waals surface area contributed by atoms with Crippen LogP contribution in [-0.4, -0.2) is 31.3 Å². The van der Waals surface area contributed by atoms with E-state index in [1.165, 1.54) is 31.9 Å². The largest absolute Gasteiger partial charge is 0.490 e. The van der Waals surface area contributed by atoms with Crippen molar-refractivity contribution >= 4 is 11.9 Å². The number of hydrogen-bond acceptors (Lipinski definition) is 4. The number of methoxy groups -OCH3 is 1. The van der Waals surface area contributed by atoms with Crippen molar-refractivity contribution in [2.45, 2.75) is 97.3 Å². The number of carbonyl (C=O) groups is 2. The fourth-order valence-electron chi connectivity index (χ4n) is 8.57. The SMILES string of the molecule is COC(=O)CCC(C)C1CCC2C3CC=C4CC(OC(=O)C(F)(F)F)CCC4(C)C3CCC12C. The summed E-state index contributed by atoms with van der Waals surface area (Å²) in [5.41, 5.74) is 1.46. The smallest absolute Gasteiger partial charge is 0.469 e. The lowest BCUT2D eigenvalue weighted by atomic mass is 9.47. The number of alkyl halides is 3. The van der Waals surface area contributed by atoms with E-state index >= 15 is 0 Å². The molecule has 0 aromatic carbocycles. The molecular weight excluding hydrogens is 445 g/mol. The highest BCUT2D eigenvalue weighted by atomic mass is 19.4. The molecule has 4 rings (SSSR count). The minimum atomic E-state index is -4.94. The first-order valence-electron chi connectivity index (χ1n) is 12.9. The first-order valence-corrected chi connectivity index (χ1v) is 12.9. The second-order valence-corrected chi connectivity index (χ2v) is 11.8. The van der Waals surface area contributed by atoms with Gasteiger partial charge in [0.2, 0.25) is 0 Å². The van der Waals surface area contributed by atoms with E-state index in [9.17, 15) is 22.8 Å². The fourth-order valence-corrected chi connectivity index (χ4v) is 8.57. The van der Waals surface area contributed by atoms with E-state index in [1.807, 2.05) is 0 Å². The molecule has 34 heavy (non-hydrogen) atoms. The Morgan fingerprint density at radius 1 is 1.12 bits per heavy atom. The van der Waals surface area contributed by atoms with Crippen LogP contribution in [0.3, 0.4) is 0 Å². The van der Waals surface area contributed by atoms with Crippen molar-refractivity contribution in [2.24, 2.45) is 40.4 Å².